The number of nitrogens with one attached hydrogen (secondary N) is 1. The average Bonchev–Trinajstić information content (AvgIpc) is 3.27. The molecule has 0 radical (unpaired) electrons. The molecule has 1 saturated heterocycles. The lowest BCUT2D eigenvalue weighted by atomic mass is 9.89. The van der Waals surface area contributed by atoms with Crippen molar-refractivity contribution in [2.45, 2.75) is 96.8 Å². The number of carbonyl (C=O) groups excluding carboxylic acids is 2. The zero-order valence-corrected chi connectivity index (χ0v) is 31.5. The summed E-state index contributed by atoms with van der Waals surface area (Å²) in [6, 6.07) is 11.4. The molecule has 268 valence electrons. The second-order valence-electron chi connectivity index (χ2n) is 14.7. The van der Waals surface area contributed by atoms with Crippen LogP contribution < -0.4 is 15.8 Å². The maximum Gasteiger partial charge on any atom is 0.352 e. The number of nitrogens with zero attached hydrogens (tertiary/aromatic N) is 1. The lowest BCUT2D eigenvalue weighted by molar-refractivity contribution is -0.157. The lowest BCUT2D eigenvalue weighted by Gasteiger charge is -2.45. The third-order valence-electron chi connectivity index (χ3n) is 7.49. The highest BCUT2D eigenvalue weighted by Gasteiger charge is 2.41. The van der Waals surface area contributed by atoms with Crippen LogP contribution >= 0.6 is 22.9 Å². The summed E-state index contributed by atoms with van der Waals surface area (Å²) in [5.74, 6) is -2.07. The van der Waals surface area contributed by atoms with E-state index >= 15 is 0 Å². The van der Waals surface area contributed by atoms with Gasteiger partial charge in [0.1, 0.15) is 22.0 Å². The molecular weight excluding hydrogens is 693 g/mol. The number of piperidine rings is 1. The third kappa shape index (κ3) is 10.1. The van der Waals surface area contributed by atoms with E-state index in [9.17, 15) is 22.4 Å². The molecule has 3 aromatic rings. The Morgan fingerprint density at radius 3 is 2.37 bits per heavy atom. The second-order valence-corrected chi connectivity index (χ2v) is 18.0. The van der Waals surface area contributed by atoms with Crippen LogP contribution in [0.2, 0.25) is 5.02 Å². The fourth-order valence-electron chi connectivity index (χ4n) is 5.65. The fourth-order valence-corrected chi connectivity index (χ4v) is 9.06. The van der Waals surface area contributed by atoms with Crippen molar-refractivity contribution in [3.8, 4) is 16.2 Å². The summed E-state index contributed by atoms with van der Waals surface area (Å²) in [5.41, 5.74) is 5.26. The maximum atomic E-state index is 13.6. The number of esters is 2. The monoisotopic (exact) mass is 737 g/mol. The van der Waals surface area contributed by atoms with Gasteiger partial charge in [0.25, 0.3) is 0 Å². The fraction of sp³-hybridized carbons (Fsp3) is 0.486. The summed E-state index contributed by atoms with van der Waals surface area (Å²) < 4.78 is 58.8. The molecule has 0 bridgehead atoms. The molecule has 0 amide bonds. The Labute approximate surface area is 297 Å². The molecule has 3 N–H and O–H groups in total. The molecule has 1 aliphatic rings. The first-order chi connectivity index (χ1) is 22.5. The van der Waals surface area contributed by atoms with Gasteiger partial charge < -0.3 is 25.3 Å². The quantitative estimate of drug-likeness (QED) is 0.159. The number of nitrogens with two attached hydrogens (primary N) is 1. The zero-order chi connectivity index (χ0) is 36.5. The van der Waals surface area contributed by atoms with E-state index in [0.29, 0.717) is 28.8 Å². The van der Waals surface area contributed by atoms with Gasteiger partial charge in [0.05, 0.1) is 16.3 Å². The highest BCUT2D eigenvalue weighted by Crippen LogP contribution is 2.47. The predicted molar refractivity (Wildman–Crippen MR) is 192 cm³/mol. The van der Waals surface area contributed by atoms with E-state index in [1.165, 1.54) is 22.5 Å². The van der Waals surface area contributed by atoms with E-state index < -0.39 is 51.1 Å². The van der Waals surface area contributed by atoms with E-state index in [1.54, 1.807) is 41.5 Å². The molecule has 1 aliphatic heterocycles. The summed E-state index contributed by atoms with van der Waals surface area (Å²) in [4.78, 5) is 26.3. The van der Waals surface area contributed by atoms with Gasteiger partial charge in [-0.25, -0.2) is 22.4 Å². The van der Waals surface area contributed by atoms with Gasteiger partial charge >= 0.3 is 11.9 Å². The number of hydrogen-bond acceptors (Lipinski definition) is 10. The number of anilines is 2. The molecule has 1 atom stereocenters. The first-order valence-corrected chi connectivity index (χ1v) is 18.7. The van der Waals surface area contributed by atoms with Gasteiger partial charge in [-0.2, -0.15) is 4.31 Å². The van der Waals surface area contributed by atoms with Gasteiger partial charge in [0.2, 0.25) is 10.0 Å². The first kappa shape index (κ1) is 38.4. The van der Waals surface area contributed by atoms with E-state index in [-0.39, 0.29) is 39.7 Å². The minimum absolute atomic E-state index is 0.0405. The van der Waals surface area contributed by atoms with Gasteiger partial charge in [-0.15, -0.1) is 11.3 Å². The van der Waals surface area contributed by atoms with Crippen LogP contribution in [0.1, 0.15) is 83.5 Å². The molecule has 14 heteroatoms. The zero-order valence-electron chi connectivity index (χ0n) is 29.1. The third-order valence-corrected chi connectivity index (χ3v) is 11.2. The number of thiophene rings is 1. The standard InChI is InChI=1S/C35H45ClFN3O7S2/c1-33(2,3)46-27(41)19-45-29-28(36)30(48-31(29)32(42)47-34(4,5)6)22-10-9-11-23(17-22)39-24-14-15-40(35(7,8)18-24)49(43,44)20-21-12-13-25(37)26(38)16-21/h9-13,16-17,24,39H,14-15,18-20,38H2,1-8H3/t24-/m1/s1. The Bertz CT molecular complexity index is 1810. The van der Waals surface area contributed by atoms with Crippen molar-refractivity contribution in [2.24, 2.45) is 0 Å². The van der Waals surface area contributed by atoms with Crippen molar-refractivity contribution < 1.29 is 36.6 Å². The highest BCUT2D eigenvalue weighted by molar-refractivity contribution is 7.88. The molecular formula is C35H45ClFN3O7S2. The molecule has 2 aromatic carbocycles. The summed E-state index contributed by atoms with van der Waals surface area (Å²) in [6.07, 6.45) is 1.07. The molecule has 0 unspecified atom stereocenters. The Morgan fingerprint density at radius 2 is 1.76 bits per heavy atom. The molecule has 4 rings (SSSR count). The van der Waals surface area contributed by atoms with Crippen molar-refractivity contribution in [3.05, 3.63) is 63.7 Å². The first-order valence-electron chi connectivity index (χ1n) is 15.9. The van der Waals surface area contributed by atoms with Crippen LogP contribution in [0.15, 0.2) is 42.5 Å². The Kier molecular flexibility index (Phi) is 11.3. The van der Waals surface area contributed by atoms with Crippen molar-refractivity contribution in [1.82, 2.24) is 4.31 Å². The van der Waals surface area contributed by atoms with Gasteiger partial charge in [-0.3, -0.25) is 0 Å². The minimum Gasteiger partial charge on any atom is -0.479 e. The van der Waals surface area contributed by atoms with Crippen LogP contribution in [0.5, 0.6) is 5.75 Å². The topological polar surface area (TPSA) is 137 Å². The maximum absolute atomic E-state index is 13.6. The number of hydrogen-bond donors (Lipinski definition) is 2. The van der Waals surface area contributed by atoms with Crippen molar-refractivity contribution in [2.75, 3.05) is 24.2 Å². The molecule has 1 fully saturated rings. The molecule has 1 aromatic heterocycles. The summed E-state index contributed by atoms with van der Waals surface area (Å²) >= 11 is 7.93. The molecule has 0 saturated carbocycles. The van der Waals surface area contributed by atoms with E-state index in [2.05, 4.69) is 5.32 Å². The normalized spacial score (nSPS) is 17.0. The lowest BCUT2D eigenvalue weighted by Crippen LogP contribution is -2.55. The SMILES string of the molecule is CC(C)(C)OC(=O)COc1c(C(=O)OC(C)(C)C)sc(-c2cccc(N[C@@H]3CCN(S(=O)(=O)Cc4ccc(F)c(N)c4)C(C)(C)C3)c2)c1Cl. The number of sulfonamides is 1. The number of ether oxygens (including phenoxy) is 3. The number of nitrogen functional groups attached to an aromatic ring is 1. The van der Waals surface area contributed by atoms with Crippen molar-refractivity contribution >= 4 is 56.3 Å². The predicted octanol–water partition coefficient (Wildman–Crippen LogP) is 7.65. The van der Waals surface area contributed by atoms with Gasteiger partial charge in [-0.05, 0) is 104 Å². The second kappa shape index (κ2) is 14.5. The Balaban J connectivity index is 1.53. The molecule has 10 nitrogen and oxygen atoms in total. The van der Waals surface area contributed by atoms with Crippen LogP contribution in [-0.4, -0.2) is 60.6 Å². The van der Waals surface area contributed by atoms with Crippen LogP contribution in [0.4, 0.5) is 15.8 Å². The summed E-state index contributed by atoms with van der Waals surface area (Å²) in [5, 5.41) is 3.70. The Morgan fingerprint density at radius 1 is 1.08 bits per heavy atom. The van der Waals surface area contributed by atoms with Gasteiger partial charge in [0, 0.05) is 23.8 Å². The number of carbonyl (C=O) groups is 2. The van der Waals surface area contributed by atoms with E-state index in [1.807, 2.05) is 38.1 Å². The highest BCUT2D eigenvalue weighted by atomic mass is 35.5. The van der Waals surface area contributed by atoms with Crippen LogP contribution in [0.3, 0.4) is 0 Å². The summed E-state index contributed by atoms with van der Waals surface area (Å²) in [6.45, 7) is 14.1. The Hall–Kier alpha value is -3.39. The van der Waals surface area contributed by atoms with E-state index in [0.717, 1.165) is 17.0 Å². The summed E-state index contributed by atoms with van der Waals surface area (Å²) in [7, 11) is -3.72. The van der Waals surface area contributed by atoms with Gasteiger partial charge in [0.15, 0.2) is 17.2 Å². The van der Waals surface area contributed by atoms with Crippen LogP contribution in [0, 0.1) is 5.82 Å². The largest absolute Gasteiger partial charge is 0.479 e. The average molecular weight is 738 g/mol. The van der Waals surface area contributed by atoms with Gasteiger partial charge in [-0.1, -0.05) is 29.8 Å². The molecule has 0 aliphatic carbocycles. The van der Waals surface area contributed by atoms with Crippen molar-refractivity contribution in [1.29, 1.82) is 0 Å². The smallest absolute Gasteiger partial charge is 0.352 e. The molecule has 49 heavy (non-hydrogen) atoms. The molecule has 2 heterocycles. The number of benzene rings is 2. The van der Waals surface area contributed by atoms with E-state index in [4.69, 9.17) is 31.5 Å². The minimum atomic E-state index is -3.72. The van der Waals surface area contributed by atoms with Crippen molar-refractivity contribution in [3.63, 3.8) is 0 Å². The number of halogens is 2. The number of rotatable bonds is 10. The van der Waals surface area contributed by atoms with Crippen LogP contribution in [0.25, 0.3) is 10.4 Å². The molecule has 0 spiro atoms. The van der Waals surface area contributed by atoms with Crippen LogP contribution in [-0.2, 0) is 30.0 Å².